The fraction of sp³-hybridized carbons (Fsp3) is 0.417. The number of benzene rings is 1. The van der Waals surface area contributed by atoms with Gasteiger partial charge in [-0.25, -0.2) is 0 Å². The molecule has 3 heteroatoms. The number of aldehydes is 1. The number of hydrogen-bond acceptors (Lipinski definition) is 3. The van der Waals surface area contributed by atoms with Gasteiger partial charge >= 0.3 is 0 Å². The first-order chi connectivity index (χ1) is 7.22. The number of ether oxygens (including phenoxy) is 2. The lowest BCUT2D eigenvalue weighted by Gasteiger charge is -2.37. The number of aryl methyl sites for hydroxylation is 1. The molecule has 0 radical (unpaired) electrons. The molecule has 0 bridgehead atoms. The summed E-state index contributed by atoms with van der Waals surface area (Å²) < 4.78 is 10.3. The summed E-state index contributed by atoms with van der Waals surface area (Å²) >= 11 is 0. The molecule has 1 aromatic rings. The maximum atomic E-state index is 11.1. The van der Waals surface area contributed by atoms with E-state index in [0.29, 0.717) is 13.2 Å². The lowest BCUT2D eigenvalue weighted by atomic mass is 9.79. The summed E-state index contributed by atoms with van der Waals surface area (Å²) in [7, 11) is 1.64. The van der Waals surface area contributed by atoms with E-state index in [-0.39, 0.29) is 0 Å². The first-order valence-corrected chi connectivity index (χ1v) is 4.91. The molecule has 0 aliphatic carbocycles. The average molecular weight is 206 g/mol. The van der Waals surface area contributed by atoms with Crippen molar-refractivity contribution in [3.63, 3.8) is 0 Å². The first-order valence-electron chi connectivity index (χ1n) is 4.91. The van der Waals surface area contributed by atoms with E-state index in [1.165, 1.54) is 0 Å². The van der Waals surface area contributed by atoms with Crippen LogP contribution in [0.15, 0.2) is 18.2 Å². The third-order valence-electron chi connectivity index (χ3n) is 2.91. The molecule has 1 aliphatic heterocycles. The van der Waals surface area contributed by atoms with Gasteiger partial charge in [0.1, 0.15) is 12.0 Å². The Morgan fingerprint density at radius 2 is 2.20 bits per heavy atom. The second-order valence-corrected chi connectivity index (χ2v) is 3.95. The van der Waals surface area contributed by atoms with Crippen LogP contribution in [0, 0.1) is 6.92 Å². The van der Waals surface area contributed by atoms with Gasteiger partial charge in [0.2, 0.25) is 0 Å². The summed E-state index contributed by atoms with van der Waals surface area (Å²) in [5.41, 5.74) is 1.64. The molecule has 0 spiro atoms. The number of carbonyl (C=O) groups excluding carboxylic acids is 1. The van der Waals surface area contributed by atoms with Crippen molar-refractivity contribution in [2.75, 3.05) is 20.3 Å². The van der Waals surface area contributed by atoms with Gasteiger partial charge in [0.25, 0.3) is 0 Å². The molecule has 0 aromatic heterocycles. The quantitative estimate of drug-likeness (QED) is 0.702. The molecular weight excluding hydrogens is 192 g/mol. The van der Waals surface area contributed by atoms with Crippen molar-refractivity contribution in [1.29, 1.82) is 0 Å². The van der Waals surface area contributed by atoms with Crippen LogP contribution in [0.1, 0.15) is 11.1 Å². The van der Waals surface area contributed by atoms with E-state index in [2.05, 4.69) is 0 Å². The van der Waals surface area contributed by atoms with Crippen molar-refractivity contribution in [3.05, 3.63) is 29.3 Å². The fourth-order valence-electron chi connectivity index (χ4n) is 1.81. The predicted octanol–water partition coefficient (Wildman–Crippen LogP) is 1.47. The SMILES string of the molecule is COc1ccc(C2(C=O)COC2)cc1C. The highest BCUT2D eigenvalue weighted by Gasteiger charge is 2.40. The van der Waals surface area contributed by atoms with Gasteiger partial charge in [-0.3, -0.25) is 0 Å². The summed E-state index contributed by atoms with van der Waals surface area (Å²) in [6.45, 7) is 2.95. The highest BCUT2D eigenvalue weighted by Crippen LogP contribution is 2.32. The molecule has 1 aromatic carbocycles. The summed E-state index contributed by atoms with van der Waals surface area (Å²) in [6, 6.07) is 5.83. The van der Waals surface area contributed by atoms with Crippen molar-refractivity contribution >= 4 is 6.29 Å². The maximum Gasteiger partial charge on any atom is 0.135 e. The van der Waals surface area contributed by atoms with Crippen molar-refractivity contribution < 1.29 is 14.3 Å². The molecule has 0 atom stereocenters. The number of rotatable bonds is 3. The molecule has 0 N–H and O–H groups in total. The molecule has 1 saturated heterocycles. The number of hydrogen-bond donors (Lipinski definition) is 0. The van der Waals surface area contributed by atoms with Gasteiger partial charge in [0.05, 0.1) is 25.7 Å². The van der Waals surface area contributed by atoms with Crippen molar-refractivity contribution in [3.8, 4) is 5.75 Å². The molecule has 3 nitrogen and oxygen atoms in total. The lowest BCUT2D eigenvalue weighted by Crippen LogP contribution is -2.48. The van der Waals surface area contributed by atoms with Crippen LogP contribution >= 0.6 is 0 Å². The Balaban J connectivity index is 2.37. The molecule has 0 amide bonds. The van der Waals surface area contributed by atoms with Crippen LogP contribution in [-0.2, 0) is 14.9 Å². The predicted molar refractivity (Wildman–Crippen MR) is 56.3 cm³/mol. The third-order valence-corrected chi connectivity index (χ3v) is 2.91. The molecule has 15 heavy (non-hydrogen) atoms. The van der Waals surface area contributed by atoms with Crippen LogP contribution in [0.25, 0.3) is 0 Å². The van der Waals surface area contributed by atoms with E-state index < -0.39 is 5.41 Å². The highest BCUT2D eigenvalue weighted by molar-refractivity contribution is 5.71. The van der Waals surface area contributed by atoms with E-state index >= 15 is 0 Å². The molecule has 0 unspecified atom stereocenters. The molecule has 80 valence electrons. The Kier molecular flexibility index (Phi) is 2.49. The standard InChI is InChI=1S/C12H14O3/c1-9-5-10(3-4-11(9)14-2)12(6-13)7-15-8-12/h3-6H,7-8H2,1-2H3. The summed E-state index contributed by atoms with van der Waals surface area (Å²) in [6.07, 6.45) is 0.984. The molecule has 0 saturated carbocycles. The van der Waals surface area contributed by atoms with Gasteiger partial charge in [-0.1, -0.05) is 12.1 Å². The smallest absolute Gasteiger partial charge is 0.135 e. The summed E-state index contributed by atoms with van der Waals surface area (Å²) in [5, 5.41) is 0. The second kappa shape index (κ2) is 3.66. The second-order valence-electron chi connectivity index (χ2n) is 3.95. The third kappa shape index (κ3) is 1.53. The minimum absolute atomic E-state index is 0.420. The van der Waals surface area contributed by atoms with Gasteiger partial charge in [-0.2, -0.15) is 0 Å². The minimum Gasteiger partial charge on any atom is -0.496 e. The van der Waals surface area contributed by atoms with Gasteiger partial charge < -0.3 is 14.3 Å². The molecule has 1 aliphatic rings. The van der Waals surface area contributed by atoms with Gasteiger partial charge in [0, 0.05) is 0 Å². The van der Waals surface area contributed by atoms with E-state index in [0.717, 1.165) is 23.2 Å². The maximum absolute atomic E-state index is 11.1. The zero-order chi connectivity index (χ0) is 10.9. The van der Waals surface area contributed by atoms with Crippen LogP contribution in [-0.4, -0.2) is 26.6 Å². The zero-order valence-corrected chi connectivity index (χ0v) is 8.95. The Bertz CT molecular complexity index is 380. The minimum atomic E-state index is -0.420. The van der Waals surface area contributed by atoms with Crippen molar-refractivity contribution in [2.24, 2.45) is 0 Å². The van der Waals surface area contributed by atoms with Crippen LogP contribution in [0.3, 0.4) is 0 Å². The average Bonchev–Trinajstić information content (AvgIpc) is 2.17. The normalized spacial score (nSPS) is 18.0. The van der Waals surface area contributed by atoms with Gasteiger partial charge in [0.15, 0.2) is 0 Å². The van der Waals surface area contributed by atoms with Crippen LogP contribution in [0.5, 0.6) is 5.75 Å². The van der Waals surface area contributed by atoms with E-state index in [9.17, 15) is 4.79 Å². The van der Waals surface area contributed by atoms with Crippen LogP contribution in [0.4, 0.5) is 0 Å². The highest BCUT2D eigenvalue weighted by atomic mass is 16.5. The molecule has 1 heterocycles. The number of carbonyl (C=O) groups is 1. The Hall–Kier alpha value is -1.35. The van der Waals surface area contributed by atoms with Gasteiger partial charge in [-0.15, -0.1) is 0 Å². The molecule has 2 rings (SSSR count). The van der Waals surface area contributed by atoms with Crippen LogP contribution < -0.4 is 4.74 Å². The Labute approximate surface area is 89.0 Å². The molecular formula is C12H14O3. The van der Waals surface area contributed by atoms with E-state index in [1.807, 2.05) is 25.1 Å². The first kappa shape index (κ1) is 10.2. The Morgan fingerprint density at radius 1 is 1.47 bits per heavy atom. The summed E-state index contributed by atoms with van der Waals surface area (Å²) in [4.78, 5) is 11.1. The van der Waals surface area contributed by atoms with Crippen molar-refractivity contribution in [2.45, 2.75) is 12.3 Å². The Morgan fingerprint density at radius 3 is 2.60 bits per heavy atom. The number of methoxy groups -OCH3 is 1. The summed E-state index contributed by atoms with van der Waals surface area (Å²) in [5.74, 6) is 0.847. The monoisotopic (exact) mass is 206 g/mol. The molecule has 1 fully saturated rings. The van der Waals surface area contributed by atoms with Gasteiger partial charge in [-0.05, 0) is 24.1 Å². The van der Waals surface area contributed by atoms with Crippen LogP contribution in [0.2, 0.25) is 0 Å². The van der Waals surface area contributed by atoms with E-state index in [1.54, 1.807) is 7.11 Å². The largest absolute Gasteiger partial charge is 0.496 e. The zero-order valence-electron chi connectivity index (χ0n) is 8.95. The lowest BCUT2D eigenvalue weighted by molar-refractivity contribution is -0.129. The van der Waals surface area contributed by atoms with E-state index in [4.69, 9.17) is 9.47 Å². The van der Waals surface area contributed by atoms with Crippen molar-refractivity contribution in [1.82, 2.24) is 0 Å². The topological polar surface area (TPSA) is 35.5 Å². The fourth-order valence-corrected chi connectivity index (χ4v) is 1.81.